The maximum atomic E-state index is 12.3. The number of anilines is 2. The molecule has 0 saturated heterocycles. The summed E-state index contributed by atoms with van der Waals surface area (Å²) in [7, 11) is 4.05. The van der Waals surface area contributed by atoms with E-state index in [1.54, 1.807) is 18.3 Å². The van der Waals surface area contributed by atoms with Crippen molar-refractivity contribution in [3.8, 4) is 0 Å². The first-order valence-electron chi connectivity index (χ1n) is 9.03. The molecule has 0 aliphatic carbocycles. The summed E-state index contributed by atoms with van der Waals surface area (Å²) in [5.74, 6) is 0.598. The van der Waals surface area contributed by atoms with Gasteiger partial charge >= 0.3 is 0 Å². The van der Waals surface area contributed by atoms with Crippen LogP contribution in [0.2, 0.25) is 0 Å². The lowest BCUT2D eigenvalue weighted by Gasteiger charge is -2.23. The highest BCUT2D eigenvalue weighted by atomic mass is 16.1. The Morgan fingerprint density at radius 3 is 2.58 bits per heavy atom. The van der Waals surface area contributed by atoms with E-state index in [1.165, 1.54) is 5.56 Å². The topological polar surface area (TPSA) is 57.3 Å². The highest BCUT2D eigenvalue weighted by Gasteiger charge is 2.17. The molecule has 26 heavy (non-hydrogen) atoms. The minimum absolute atomic E-state index is 0.0189. The molecule has 0 aliphatic rings. The third-order valence-corrected chi connectivity index (χ3v) is 4.09. The molecule has 0 aliphatic heterocycles. The molecule has 140 valence electrons. The second-order valence-electron chi connectivity index (χ2n) is 7.76. The zero-order valence-corrected chi connectivity index (χ0v) is 16.5. The summed E-state index contributed by atoms with van der Waals surface area (Å²) < 4.78 is 0. The molecule has 1 aromatic heterocycles. The molecule has 0 atom stereocenters. The van der Waals surface area contributed by atoms with Gasteiger partial charge in [-0.05, 0) is 56.2 Å². The van der Waals surface area contributed by atoms with Crippen molar-refractivity contribution in [3.63, 3.8) is 0 Å². The maximum Gasteiger partial charge on any atom is 0.251 e. The molecule has 2 rings (SSSR count). The van der Waals surface area contributed by atoms with E-state index in [4.69, 9.17) is 0 Å². The van der Waals surface area contributed by atoms with Crippen LogP contribution in [0.5, 0.6) is 0 Å². The van der Waals surface area contributed by atoms with Crippen molar-refractivity contribution >= 4 is 17.4 Å². The number of carbonyl (C=O) groups excluding carboxylic acids is 1. The predicted molar refractivity (Wildman–Crippen MR) is 108 cm³/mol. The number of amides is 1. The zero-order valence-electron chi connectivity index (χ0n) is 16.5. The molecular formula is C21H30N4O. The number of pyridine rings is 1. The van der Waals surface area contributed by atoms with Gasteiger partial charge in [0.2, 0.25) is 0 Å². The standard InChI is InChI=1S/C21H30N4O/c1-21(2,3)17-9-6-7-10-18(17)24-19-15-16(11-13-22-19)20(26)23-12-8-14-25(4)5/h6-7,9-11,13,15H,8,12,14H2,1-5H3,(H,22,24)(H,23,26). The summed E-state index contributed by atoms with van der Waals surface area (Å²) in [4.78, 5) is 18.8. The van der Waals surface area contributed by atoms with Gasteiger partial charge in [-0.1, -0.05) is 39.0 Å². The Morgan fingerprint density at radius 2 is 1.88 bits per heavy atom. The van der Waals surface area contributed by atoms with Crippen LogP contribution in [0.4, 0.5) is 11.5 Å². The SMILES string of the molecule is CN(C)CCCNC(=O)c1ccnc(Nc2ccccc2C(C)(C)C)c1. The fraction of sp³-hybridized carbons (Fsp3) is 0.429. The summed E-state index contributed by atoms with van der Waals surface area (Å²) in [6, 6.07) is 11.7. The Kier molecular flexibility index (Phi) is 6.75. The summed E-state index contributed by atoms with van der Waals surface area (Å²) >= 11 is 0. The molecule has 0 radical (unpaired) electrons. The van der Waals surface area contributed by atoms with Crippen LogP contribution in [0.25, 0.3) is 0 Å². The fourth-order valence-corrected chi connectivity index (χ4v) is 2.72. The van der Waals surface area contributed by atoms with Gasteiger partial charge in [0.1, 0.15) is 5.82 Å². The highest BCUT2D eigenvalue weighted by Crippen LogP contribution is 2.30. The largest absolute Gasteiger partial charge is 0.352 e. The number of rotatable bonds is 7. The summed E-state index contributed by atoms with van der Waals surface area (Å²) in [5, 5.41) is 6.32. The first-order valence-corrected chi connectivity index (χ1v) is 9.03. The van der Waals surface area contributed by atoms with Gasteiger partial charge in [0.05, 0.1) is 0 Å². The quantitative estimate of drug-likeness (QED) is 0.743. The number of carbonyl (C=O) groups is 1. The first kappa shape index (κ1) is 19.9. The molecule has 0 spiro atoms. The van der Waals surface area contributed by atoms with Crippen molar-refractivity contribution in [2.75, 3.05) is 32.5 Å². The number of para-hydroxylation sites is 1. The Balaban J connectivity index is 2.07. The number of hydrogen-bond donors (Lipinski definition) is 2. The van der Waals surface area contributed by atoms with Crippen molar-refractivity contribution in [2.24, 2.45) is 0 Å². The highest BCUT2D eigenvalue weighted by molar-refractivity contribution is 5.94. The number of aromatic nitrogens is 1. The molecule has 1 aromatic carbocycles. The molecule has 2 aromatic rings. The van der Waals surface area contributed by atoms with Crippen LogP contribution in [0.1, 0.15) is 43.1 Å². The van der Waals surface area contributed by atoms with Crippen LogP contribution in [0.3, 0.4) is 0 Å². The fourth-order valence-electron chi connectivity index (χ4n) is 2.72. The van der Waals surface area contributed by atoms with E-state index in [1.807, 2.05) is 32.3 Å². The zero-order chi connectivity index (χ0) is 19.2. The summed E-state index contributed by atoms with van der Waals surface area (Å²) in [5.41, 5.74) is 2.85. The molecule has 2 N–H and O–H groups in total. The van der Waals surface area contributed by atoms with Crippen LogP contribution in [0.15, 0.2) is 42.6 Å². The van der Waals surface area contributed by atoms with Crippen LogP contribution in [-0.4, -0.2) is 43.0 Å². The van der Waals surface area contributed by atoms with Crippen molar-refractivity contribution in [1.29, 1.82) is 0 Å². The Labute approximate surface area is 156 Å². The first-order chi connectivity index (χ1) is 12.3. The monoisotopic (exact) mass is 354 g/mol. The Morgan fingerprint density at radius 1 is 1.15 bits per heavy atom. The Bertz CT molecular complexity index is 735. The summed E-state index contributed by atoms with van der Waals surface area (Å²) in [6.07, 6.45) is 2.59. The van der Waals surface area contributed by atoms with E-state index in [2.05, 4.69) is 47.4 Å². The lowest BCUT2D eigenvalue weighted by Crippen LogP contribution is -2.27. The van der Waals surface area contributed by atoms with Gasteiger partial charge in [0.15, 0.2) is 0 Å². The lowest BCUT2D eigenvalue weighted by molar-refractivity contribution is 0.0952. The molecule has 5 heteroatoms. The molecule has 1 amide bonds. The molecule has 0 saturated carbocycles. The number of benzene rings is 1. The van der Waals surface area contributed by atoms with E-state index in [9.17, 15) is 4.79 Å². The smallest absolute Gasteiger partial charge is 0.251 e. The van der Waals surface area contributed by atoms with Gasteiger partial charge in [-0.3, -0.25) is 4.79 Å². The van der Waals surface area contributed by atoms with Crippen molar-refractivity contribution in [2.45, 2.75) is 32.6 Å². The van der Waals surface area contributed by atoms with E-state index in [0.717, 1.165) is 18.7 Å². The minimum atomic E-state index is -0.0710. The van der Waals surface area contributed by atoms with Crippen LogP contribution >= 0.6 is 0 Å². The molecule has 0 unspecified atom stereocenters. The molecule has 0 bridgehead atoms. The van der Waals surface area contributed by atoms with E-state index in [0.29, 0.717) is 17.9 Å². The van der Waals surface area contributed by atoms with Crippen LogP contribution < -0.4 is 10.6 Å². The second-order valence-corrected chi connectivity index (χ2v) is 7.76. The van der Waals surface area contributed by atoms with Gasteiger partial charge in [0.25, 0.3) is 5.91 Å². The van der Waals surface area contributed by atoms with Gasteiger partial charge in [-0.25, -0.2) is 4.98 Å². The molecular weight excluding hydrogens is 324 g/mol. The van der Waals surface area contributed by atoms with Crippen molar-refractivity contribution in [3.05, 3.63) is 53.7 Å². The van der Waals surface area contributed by atoms with Crippen molar-refractivity contribution < 1.29 is 4.79 Å². The van der Waals surface area contributed by atoms with Crippen molar-refractivity contribution in [1.82, 2.24) is 15.2 Å². The van der Waals surface area contributed by atoms with Gasteiger partial charge < -0.3 is 15.5 Å². The van der Waals surface area contributed by atoms with E-state index >= 15 is 0 Å². The number of hydrogen-bond acceptors (Lipinski definition) is 4. The van der Waals surface area contributed by atoms with Gasteiger partial charge in [0, 0.05) is 24.0 Å². The lowest BCUT2D eigenvalue weighted by atomic mass is 9.86. The third-order valence-electron chi connectivity index (χ3n) is 4.09. The third kappa shape index (κ3) is 5.85. The van der Waals surface area contributed by atoms with Gasteiger partial charge in [-0.15, -0.1) is 0 Å². The number of nitrogens with one attached hydrogen (secondary N) is 2. The van der Waals surface area contributed by atoms with Crippen LogP contribution in [0, 0.1) is 0 Å². The van der Waals surface area contributed by atoms with E-state index < -0.39 is 0 Å². The summed E-state index contributed by atoms with van der Waals surface area (Å²) in [6.45, 7) is 8.15. The predicted octanol–water partition coefficient (Wildman–Crippen LogP) is 3.80. The van der Waals surface area contributed by atoms with Gasteiger partial charge in [-0.2, -0.15) is 0 Å². The molecule has 1 heterocycles. The second kappa shape index (κ2) is 8.81. The minimum Gasteiger partial charge on any atom is -0.352 e. The Hall–Kier alpha value is -2.40. The molecule has 0 fully saturated rings. The maximum absolute atomic E-state index is 12.3. The molecule has 5 nitrogen and oxygen atoms in total. The van der Waals surface area contributed by atoms with Crippen LogP contribution in [-0.2, 0) is 5.41 Å². The van der Waals surface area contributed by atoms with E-state index in [-0.39, 0.29) is 11.3 Å². The number of nitrogens with zero attached hydrogens (tertiary/aromatic N) is 2. The average molecular weight is 354 g/mol. The normalized spacial score (nSPS) is 11.5. The average Bonchev–Trinajstić information content (AvgIpc) is 2.58.